The van der Waals surface area contributed by atoms with E-state index < -0.39 is 8.32 Å². The van der Waals surface area contributed by atoms with Gasteiger partial charge in [-0.15, -0.1) is 0 Å². The Morgan fingerprint density at radius 2 is 1.10 bits per heavy atom. The largest absolute Gasteiger partial charge is 0.405 e. The molecule has 0 N–H and O–H groups in total. The van der Waals surface area contributed by atoms with Gasteiger partial charge in [0.1, 0.15) is 19.0 Å². The van der Waals surface area contributed by atoms with Crippen LogP contribution in [0.15, 0.2) is 164 Å². The molecule has 1 heterocycles. The predicted molar refractivity (Wildman–Crippen MR) is 236 cm³/mol. The van der Waals surface area contributed by atoms with Gasteiger partial charge in [0.2, 0.25) is 0 Å². The van der Waals surface area contributed by atoms with Crippen LogP contribution in [0.2, 0.25) is 5.04 Å². The molecule has 0 aliphatic carbocycles. The molecule has 0 radical (unpaired) electrons. The summed E-state index contributed by atoms with van der Waals surface area (Å²) in [7, 11) is -2.84. The first kappa shape index (κ1) is 43.4. The molecule has 1 saturated heterocycles. The second-order valence-corrected chi connectivity index (χ2v) is 20.8. The molecule has 6 atom stereocenters. The van der Waals surface area contributed by atoms with Crippen molar-refractivity contribution in [3.05, 3.63) is 181 Å². The molecule has 5 aromatic rings. The minimum atomic E-state index is -2.84. The van der Waals surface area contributed by atoms with Crippen LogP contribution in [0.1, 0.15) is 57.7 Å². The molecule has 0 bridgehead atoms. The Labute approximate surface area is 348 Å². The predicted octanol–water partition coefficient (Wildman–Crippen LogP) is 9.91. The van der Waals surface area contributed by atoms with Crippen LogP contribution in [0.3, 0.4) is 0 Å². The molecule has 0 saturated carbocycles. The van der Waals surface area contributed by atoms with Crippen molar-refractivity contribution in [2.75, 3.05) is 20.0 Å². The van der Waals surface area contributed by atoms with Gasteiger partial charge in [0, 0.05) is 11.8 Å². The average molecular weight is 799 g/mol. The first-order chi connectivity index (χ1) is 28.2. The molecule has 7 heteroatoms. The summed E-state index contributed by atoms with van der Waals surface area (Å²) in [4.78, 5) is 0. The summed E-state index contributed by atoms with van der Waals surface area (Å²) in [5.41, 5.74) is 3.36. The zero-order chi connectivity index (χ0) is 40.6. The highest BCUT2D eigenvalue weighted by Crippen LogP contribution is 2.38. The lowest BCUT2D eigenvalue weighted by Crippen LogP contribution is -2.68. The van der Waals surface area contributed by atoms with E-state index in [9.17, 15) is 0 Å². The molecule has 0 unspecified atom stereocenters. The van der Waals surface area contributed by atoms with Gasteiger partial charge in [-0.1, -0.05) is 192 Å². The Kier molecular flexibility index (Phi) is 16.2. The van der Waals surface area contributed by atoms with E-state index in [1.807, 2.05) is 30.3 Å². The van der Waals surface area contributed by atoms with Crippen LogP contribution in [0, 0.1) is 11.8 Å². The first-order valence-electron chi connectivity index (χ1n) is 20.8. The lowest BCUT2D eigenvalue weighted by molar-refractivity contribution is -0.213. The van der Waals surface area contributed by atoms with Crippen LogP contribution in [-0.2, 0) is 47.9 Å². The van der Waals surface area contributed by atoms with Crippen LogP contribution < -0.4 is 10.4 Å². The standard InChI is InChI=1S/C51H62O6Si/c1-40(41(2)56-39-52-34-42-23-11-6-12-24-42)22-21-29-45-37-53-48(38-57-58(51(3,4)5,46-30-17-9-18-31-46)47-32-19-10-20-33-47)50(55-36-44-27-15-8-16-28-44)49(45)54-35-43-25-13-7-14-26-43/h6-28,30-33,40-41,45,48-50H,29,34-39H2,1-5H3/b22-21+/t40-,41+,45+,48+,49-,50+/m1/s1. The van der Waals surface area contributed by atoms with Crippen molar-refractivity contribution < 1.29 is 28.1 Å². The fraction of sp³-hybridized carbons (Fsp3) is 0.373. The van der Waals surface area contributed by atoms with E-state index in [4.69, 9.17) is 28.1 Å². The monoisotopic (exact) mass is 798 g/mol. The number of ether oxygens (including phenoxy) is 5. The fourth-order valence-electron chi connectivity index (χ4n) is 7.86. The van der Waals surface area contributed by atoms with Gasteiger partial charge >= 0.3 is 0 Å². The molecule has 0 amide bonds. The molecule has 306 valence electrons. The third-order valence-electron chi connectivity index (χ3n) is 11.3. The molecule has 5 aromatic carbocycles. The SMILES string of the molecule is C[C@H](/C=C/C[C@H]1CO[C@@H](CO[Si](c2ccccc2)(c2ccccc2)C(C)(C)C)[C@H](OCc2ccccc2)[C@@H]1OCc1ccccc1)[C@H](C)OCOCc1ccccc1. The van der Waals surface area contributed by atoms with Crippen LogP contribution in [0.5, 0.6) is 0 Å². The summed E-state index contributed by atoms with van der Waals surface area (Å²) in [5.74, 6) is 0.244. The van der Waals surface area contributed by atoms with E-state index in [1.165, 1.54) is 10.4 Å². The van der Waals surface area contributed by atoms with Crippen molar-refractivity contribution in [3.63, 3.8) is 0 Å². The Bertz CT molecular complexity index is 1860. The van der Waals surface area contributed by atoms with Gasteiger partial charge in [-0.05, 0) is 45.4 Å². The van der Waals surface area contributed by atoms with Gasteiger partial charge in [0.25, 0.3) is 8.32 Å². The quantitative estimate of drug-likeness (QED) is 0.0339. The third-order valence-corrected chi connectivity index (χ3v) is 16.3. The minimum absolute atomic E-state index is 0.00952. The lowest BCUT2D eigenvalue weighted by Gasteiger charge is -2.46. The van der Waals surface area contributed by atoms with Crippen LogP contribution >= 0.6 is 0 Å². The number of hydrogen-bond acceptors (Lipinski definition) is 6. The number of benzene rings is 5. The third kappa shape index (κ3) is 11.7. The van der Waals surface area contributed by atoms with E-state index in [1.54, 1.807) is 0 Å². The normalized spacial score (nSPS) is 19.9. The summed E-state index contributed by atoms with van der Waals surface area (Å²) in [5, 5.41) is 2.30. The summed E-state index contributed by atoms with van der Waals surface area (Å²) in [6.45, 7) is 13.8. The van der Waals surface area contributed by atoms with Crippen molar-refractivity contribution in [1.82, 2.24) is 0 Å². The molecule has 6 rings (SSSR count). The second-order valence-electron chi connectivity index (χ2n) is 16.5. The number of hydrogen-bond donors (Lipinski definition) is 0. The van der Waals surface area contributed by atoms with Gasteiger partial charge in [-0.3, -0.25) is 0 Å². The van der Waals surface area contributed by atoms with E-state index in [-0.39, 0.29) is 48.1 Å². The van der Waals surface area contributed by atoms with Crippen LogP contribution in [0.4, 0.5) is 0 Å². The second kappa shape index (κ2) is 21.7. The molecule has 1 aliphatic rings. The zero-order valence-electron chi connectivity index (χ0n) is 35.0. The first-order valence-corrected chi connectivity index (χ1v) is 22.7. The average Bonchev–Trinajstić information content (AvgIpc) is 3.25. The molecule has 6 nitrogen and oxygen atoms in total. The maximum atomic E-state index is 7.48. The Hall–Kier alpha value is -4.18. The molecular weight excluding hydrogens is 737 g/mol. The van der Waals surface area contributed by atoms with E-state index in [0.29, 0.717) is 33.0 Å². The van der Waals surface area contributed by atoms with Gasteiger partial charge in [-0.25, -0.2) is 0 Å². The number of allylic oxidation sites excluding steroid dienone is 1. The molecule has 58 heavy (non-hydrogen) atoms. The Morgan fingerprint density at radius 3 is 1.60 bits per heavy atom. The van der Waals surface area contributed by atoms with Crippen LogP contribution in [-0.4, -0.2) is 52.7 Å². The molecule has 1 fully saturated rings. The van der Waals surface area contributed by atoms with Crippen molar-refractivity contribution >= 4 is 18.7 Å². The van der Waals surface area contributed by atoms with Gasteiger partial charge in [0.15, 0.2) is 0 Å². The van der Waals surface area contributed by atoms with Crippen molar-refractivity contribution in [1.29, 1.82) is 0 Å². The van der Waals surface area contributed by atoms with Gasteiger partial charge in [-0.2, -0.15) is 0 Å². The lowest BCUT2D eigenvalue weighted by atomic mass is 9.88. The van der Waals surface area contributed by atoms with Crippen molar-refractivity contribution in [2.24, 2.45) is 11.8 Å². The summed E-state index contributed by atoms with van der Waals surface area (Å²) >= 11 is 0. The molecule has 0 aromatic heterocycles. The Balaban J connectivity index is 1.22. The van der Waals surface area contributed by atoms with Crippen LogP contribution in [0.25, 0.3) is 0 Å². The molecular formula is C51H62O6Si. The van der Waals surface area contributed by atoms with Gasteiger partial charge in [0.05, 0.1) is 45.2 Å². The van der Waals surface area contributed by atoms with Crippen molar-refractivity contribution in [2.45, 2.75) is 90.3 Å². The van der Waals surface area contributed by atoms with Gasteiger partial charge < -0.3 is 28.1 Å². The zero-order valence-corrected chi connectivity index (χ0v) is 36.0. The van der Waals surface area contributed by atoms with E-state index in [0.717, 1.165) is 23.1 Å². The molecule has 0 spiro atoms. The van der Waals surface area contributed by atoms with Crippen molar-refractivity contribution in [3.8, 4) is 0 Å². The minimum Gasteiger partial charge on any atom is -0.405 e. The summed E-state index contributed by atoms with van der Waals surface area (Å²) in [6, 6.07) is 52.5. The summed E-state index contributed by atoms with van der Waals surface area (Å²) in [6.07, 6.45) is 4.29. The number of rotatable bonds is 20. The Morgan fingerprint density at radius 1 is 0.638 bits per heavy atom. The highest BCUT2D eigenvalue weighted by molar-refractivity contribution is 6.99. The maximum absolute atomic E-state index is 7.48. The van der Waals surface area contributed by atoms with E-state index >= 15 is 0 Å². The maximum Gasteiger partial charge on any atom is 0.261 e. The smallest absolute Gasteiger partial charge is 0.261 e. The topological polar surface area (TPSA) is 55.4 Å². The highest BCUT2D eigenvalue weighted by atomic mass is 28.4. The fourth-order valence-corrected chi connectivity index (χ4v) is 12.4. The highest BCUT2D eigenvalue weighted by Gasteiger charge is 2.52. The van der Waals surface area contributed by atoms with E-state index in [2.05, 4.69) is 168 Å². The summed E-state index contributed by atoms with van der Waals surface area (Å²) < 4.78 is 40.1. The molecule has 1 aliphatic heterocycles.